The van der Waals surface area contributed by atoms with Crippen LogP contribution in [-0.4, -0.2) is 35.1 Å². The molecule has 2 unspecified atom stereocenters. The molecule has 0 aliphatic heterocycles. The Kier molecular flexibility index (Phi) is 6.28. The monoisotopic (exact) mass is 220 g/mol. The second-order valence-corrected chi connectivity index (χ2v) is 6.19. The molecule has 2 atom stereocenters. The average Bonchev–Trinajstić information content (AvgIpc) is 2.59. The Morgan fingerprint density at radius 1 is 0.923 bits per heavy atom. The standard InChI is InChI=1S/C9H20N2S2/c10-3-5-12-8-1-2-9(7-8)13-6-4-11/h8-9H,1-7,10-11H2. The second kappa shape index (κ2) is 6.98. The first kappa shape index (κ1) is 11.7. The molecule has 1 aliphatic carbocycles. The first-order chi connectivity index (χ1) is 6.36. The number of rotatable bonds is 6. The molecule has 78 valence electrons. The van der Waals surface area contributed by atoms with Crippen LogP contribution in [0, 0.1) is 0 Å². The van der Waals surface area contributed by atoms with Gasteiger partial charge in [-0.25, -0.2) is 0 Å². The molecular formula is C9H20N2S2. The Labute approximate surface area is 89.6 Å². The van der Waals surface area contributed by atoms with Crippen LogP contribution in [0.1, 0.15) is 19.3 Å². The highest BCUT2D eigenvalue weighted by Gasteiger charge is 2.24. The van der Waals surface area contributed by atoms with E-state index in [4.69, 9.17) is 11.5 Å². The normalized spacial score (nSPS) is 28.2. The van der Waals surface area contributed by atoms with E-state index in [1.807, 2.05) is 0 Å². The van der Waals surface area contributed by atoms with Crippen LogP contribution in [0.25, 0.3) is 0 Å². The third-order valence-electron chi connectivity index (χ3n) is 2.28. The summed E-state index contributed by atoms with van der Waals surface area (Å²) >= 11 is 4.10. The van der Waals surface area contributed by atoms with Gasteiger partial charge in [-0.05, 0) is 19.3 Å². The smallest absolute Gasteiger partial charge is 0.00586 e. The van der Waals surface area contributed by atoms with Crippen molar-refractivity contribution < 1.29 is 0 Å². The van der Waals surface area contributed by atoms with Crippen LogP contribution < -0.4 is 11.5 Å². The third-order valence-corrected chi connectivity index (χ3v) is 5.02. The van der Waals surface area contributed by atoms with Crippen LogP contribution in [0.2, 0.25) is 0 Å². The molecule has 0 bridgehead atoms. The third kappa shape index (κ3) is 4.58. The van der Waals surface area contributed by atoms with E-state index >= 15 is 0 Å². The van der Waals surface area contributed by atoms with Gasteiger partial charge in [-0.2, -0.15) is 23.5 Å². The van der Waals surface area contributed by atoms with Gasteiger partial charge < -0.3 is 11.5 Å². The van der Waals surface area contributed by atoms with Gasteiger partial charge >= 0.3 is 0 Å². The van der Waals surface area contributed by atoms with Crippen molar-refractivity contribution in [3.05, 3.63) is 0 Å². The highest BCUT2D eigenvalue weighted by Crippen LogP contribution is 2.35. The molecule has 1 aliphatic rings. The highest BCUT2D eigenvalue weighted by atomic mass is 32.2. The molecule has 0 aromatic heterocycles. The molecule has 4 heteroatoms. The SMILES string of the molecule is NCCSC1CCC(SCCN)C1. The van der Waals surface area contributed by atoms with Crippen LogP contribution in [-0.2, 0) is 0 Å². The molecule has 2 nitrogen and oxygen atoms in total. The maximum absolute atomic E-state index is 5.48. The molecule has 0 saturated heterocycles. The largest absolute Gasteiger partial charge is 0.330 e. The van der Waals surface area contributed by atoms with Crippen molar-refractivity contribution in [3.63, 3.8) is 0 Å². The fourth-order valence-electron chi connectivity index (χ4n) is 1.67. The molecule has 0 spiro atoms. The van der Waals surface area contributed by atoms with E-state index < -0.39 is 0 Å². The molecule has 0 aromatic rings. The lowest BCUT2D eigenvalue weighted by Crippen LogP contribution is -2.08. The lowest BCUT2D eigenvalue weighted by atomic mass is 10.4. The summed E-state index contributed by atoms with van der Waals surface area (Å²) < 4.78 is 0. The van der Waals surface area contributed by atoms with E-state index in [2.05, 4.69) is 23.5 Å². The fourth-order valence-corrected chi connectivity index (χ4v) is 4.08. The van der Waals surface area contributed by atoms with E-state index in [0.717, 1.165) is 35.1 Å². The number of thioether (sulfide) groups is 2. The molecule has 0 aromatic carbocycles. The molecule has 0 radical (unpaired) electrons. The van der Waals surface area contributed by atoms with Crippen LogP contribution in [0.4, 0.5) is 0 Å². The number of nitrogens with two attached hydrogens (primary N) is 2. The van der Waals surface area contributed by atoms with E-state index in [1.165, 1.54) is 19.3 Å². The predicted molar refractivity (Wildman–Crippen MR) is 64.5 cm³/mol. The number of hydrogen-bond donors (Lipinski definition) is 2. The van der Waals surface area contributed by atoms with Crippen molar-refractivity contribution in [1.82, 2.24) is 0 Å². The van der Waals surface area contributed by atoms with E-state index in [-0.39, 0.29) is 0 Å². The van der Waals surface area contributed by atoms with E-state index in [9.17, 15) is 0 Å². The summed E-state index contributed by atoms with van der Waals surface area (Å²) in [6.45, 7) is 1.64. The van der Waals surface area contributed by atoms with Gasteiger partial charge in [0.15, 0.2) is 0 Å². The summed E-state index contributed by atoms with van der Waals surface area (Å²) in [6, 6.07) is 0. The Bertz CT molecular complexity index is 119. The van der Waals surface area contributed by atoms with Crippen LogP contribution in [0.3, 0.4) is 0 Å². The molecular weight excluding hydrogens is 200 g/mol. The fraction of sp³-hybridized carbons (Fsp3) is 1.00. The molecule has 1 fully saturated rings. The van der Waals surface area contributed by atoms with Gasteiger partial charge in [0, 0.05) is 35.1 Å². The number of hydrogen-bond acceptors (Lipinski definition) is 4. The predicted octanol–water partition coefficient (Wildman–Crippen LogP) is 1.29. The zero-order chi connectivity index (χ0) is 9.52. The van der Waals surface area contributed by atoms with Crippen molar-refractivity contribution in [2.75, 3.05) is 24.6 Å². The summed E-state index contributed by atoms with van der Waals surface area (Å²) in [5.74, 6) is 2.25. The van der Waals surface area contributed by atoms with Crippen LogP contribution in [0.15, 0.2) is 0 Å². The Hall–Kier alpha value is 0.620. The quantitative estimate of drug-likeness (QED) is 0.708. The van der Waals surface area contributed by atoms with Crippen molar-refractivity contribution in [2.45, 2.75) is 29.8 Å². The van der Waals surface area contributed by atoms with Gasteiger partial charge in [0.25, 0.3) is 0 Å². The van der Waals surface area contributed by atoms with Gasteiger partial charge in [-0.1, -0.05) is 0 Å². The van der Waals surface area contributed by atoms with Gasteiger partial charge in [-0.3, -0.25) is 0 Å². The average molecular weight is 220 g/mol. The second-order valence-electron chi connectivity index (χ2n) is 3.38. The van der Waals surface area contributed by atoms with Crippen molar-refractivity contribution >= 4 is 23.5 Å². The summed E-state index contributed by atoms with van der Waals surface area (Å²) in [4.78, 5) is 0. The summed E-state index contributed by atoms with van der Waals surface area (Å²) in [5.41, 5.74) is 11.0. The van der Waals surface area contributed by atoms with Crippen LogP contribution >= 0.6 is 23.5 Å². The molecule has 0 heterocycles. The molecule has 0 amide bonds. The Morgan fingerprint density at radius 3 is 1.77 bits per heavy atom. The van der Waals surface area contributed by atoms with Crippen molar-refractivity contribution in [3.8, 4) is 0 Å². The zero-order valence-corrected chi connectivity index (χ0v) is 9.71. The first-order valence-corrected chi connectivity index (χ1v) is 7.10. The van der Waals surface area contributed by atoms with E-state index in [0.29, 0.717) is 0 Å². The van der Waals surface area contributed by atoms with Gasteiger partial charge in [-0.15, -0.1) is 0 Å². The molecule has 1 saturated carbocycles. The Morgan fingerprint density at radius 2 is 1.38 bits per heavy atom. The Balaban J connectivity index is 2.05. The van der Waals surface area contributed by atoms with Gasteiger partial charge in [0.05, 0.1) is 0 Å². The molecule has 1 rings (SSSR count). The first-order valence-electron chi connectivity index (χ1n) is 5.00. The maximum Gasteiger partial charge on any atom is 0.00586 e. The van der Waals surface area contributed by atoms with Gasteiger partial charge in [0.2, 0.25) is 0 Å². The maximum atomic E-state index is 5.48. The van der Waals surface area contributed by atoms with Crippen molar-refractivity contribution in [2.24, 2.45) is 11.5 Å². The topological polar surface area (TPSA) is 52.0 Å². The van der Waals surface area contributed by atoms with E-state index in [1.54, 1.807) is 0 Å². The van der Waals surface area contributed by atoms with Gasteiger partial charge in [0.1, 0.15) is 0 Å². The lowest BCUT2D eigenvalue weighted by Gasteiger charge is -2.09. The molecule has 13 heavy (non-hydrogen) atoms. The minimum Gasteiger partial charge on any atom is -0.330 e. The highest BCUT2D eigenvalue weighted by molar-refractivity contribution is 8.00. The summed E-state index contributed by atoms with van der Waals surface area (Å²) in [7, 11) is 0. The minimum atomic E-state index is 0.821. The molecule has 4 N–H and O–H groups in total. The van der Waals surface area contributed by atoms with Crippen molar-refractivity contribution in [1.29, 1.82) is 0 Å². The minimum absolute atomic E-state index is 0.821. The zero-order valence-electron chi connectivity index (χ0n) is 8.08. The van der Waals surface area contributed by atoms with Crippen LogP contribution in [0.5, 0.6) is 0 Å². The lowest BCUT2D eigenvalue weighted by molar-refractivity contribution is 0.900. The summed E-state index contributed by atoms with van der Waals surface area (Å²) in [5, 5.41) is 1.75. The summed E-state index contributed by atoms with van der Waals surface area (Å²) in [6.07, 6.45) is 4.13.